The largest absolute Gasteiger partial charge is 0.489 e. The Labute approximate surface area is 186 Å². The van der Waals surface area contributed by atoms with Crippen LogP contribution in [0.1, 0.15) is 18.1 Å². The molecule has 160 valence electrons. The first-order valence-corrected chi connectivity index (χ1v) is 10.8. The Morgan fingerprint density at radius 1 is 0.969 bits per heavy atom. The zero-order valence-corrected chi connectivity index (χ0v) is 17.8. The maximum atomic E-state index is 13.8. The van der Waals surface area contributed by atoms with Crippen molar-refractivity contribution in [2.45, 2.75) is 13.5 Å². The number of benzene rings is 3. The molecular formula is C27H23FN2O2. The molecule has 2 heterocycles. The van der Waals surface area contributed by atoms with Crippen LogP contribution in [0.5, 0.6) is 5.75 Å². The molecule has 32 heavy (non-hydrogen) atoms. The molecule has 0 saturated heterocycles. The Hall–Kier alpha value is -3.86. The normalized spacial score (nSPS) is 14.4. The summed E-state index contributed by atoms with van der Waals surface area (Å²) in [7, 11) is 0. The Bertz CT molecular complexity index is 1340. The van der Waals surface area contributed by atoms with Gasteiger partial charge < -0.3 is 14.2 Å². The van der Waals surface area contributed by atoms with Gasteiger partial charge in [0.25, 0.3) is 5.91 Å². The van der Waals surface area contributed by atoms with Crippen molar-refractivity contribution in [2.75, 3.05) is 18.1 Å². The van der Waals surface area contributed by atoms with E-state index in [2.05, 4.69) is 10.6 Å². The third kappa shape index (κ3) is 3.46. The number of nitrogens with zero attached hydrogens (tertiary/aromatic N) is 2. The molecule has 5 rings (SSSR count). The van der Waals surface area contributed by atoms with Gasteiger partial charge in [-0.3, -0.25) is 4.79 Å². The van der Waals surface area contributed by atoms with Crippen LogP contribution in [-0.2, 0) is 11.3 Å². The fourth-order valence-electron chi connectivity index (χ4n) is 4.31. The number of halogens is 1. The summed E-state index contributed by atoms with van der Waals surface area (Å²) in [6.07, 6.45) is 4.01. The second-order valence-corrected chi connectivity index (χ2v) is 7.70. The lowest BCUT2D eigenvalue weighted by Crippen LogP contribution is -2.25. The van der Waals surface area contributed by atoms with Crippen molar-refractivity contribution in [2.24, 2.45) is 0 Å². The number of carbonyl (C=O) groups is 1. The summed E-state index contributed by atoms with van der Waals surface area (Å²) >= 11 is 0. The lowest BCUT2D eigenvalue weighted by Gasteiger charge is -2.13. The third-order valence-corrected chi connectivity index (χ3v) is 5.82. The zero-order chi connectivity index (χ0) is 22.1. The van der Waals surface area contributed by atoms with Crippen LogP contribution in [0.3, 0.4) is 0 Å². The molecule has 1 amide bonds. The van der Waals surface area contributed by atoms with Gasteiger partial charge >= 0.3 is 0 Å². The molecule has 0 N–H and O–H groups in total. The van der Waals surface area contributed by atoms with Crippen LogP contribution < -0.4 is 9.64 Å². The van der Waals surface area contributed by atoms with Crippen LogP contribution in [0, 0.1) is 5.82 Å². The summed E-state index contributed by atoms with van der Waals surface area (Å²) in [5, 5.41) is 1.06. The van der Waals surface area contributed by atoms with Crippen molar-refractivity contribution in [3.63, 3.8) is 0 Å². The highest BCUT2D eigenvalue weighted by atomic mass is 19.1. The lowest BCUT2D eigenvalue weighted by atomic mass is 10.0. The van der Waals surface area contributed by atoms with E-state index in [1.165, 1.54) is 6.07 Å². The predicted octanol–water partition coefficient (Wildman–Crippen LogP) is 5.77. The molecule has 0 spiro atoms. The van der Waals surface area contributed by atoms with Crippen molar-refractivity contribution in [3.8, 4) is 5.75 Å². The van der Waals surface area contributed by atoms with Crippen LogP contribution in [0.25, 0.3) is 22.6 Å². The van der Waals surface area contributed by atoms with Gasteiger partial charge in [-0.1, -0.05) is 48.5 Å². The minimum atomic E-state index is -0.367. The van der Waals surface area contributed by atoms with E-state index in [9.17, 15) is 9.18 Å². The number of anilines is 1. The monoisotopic (exact) mass is 426 g/mol. The first-order chi connectivity index (χ1) is 15.7. The molecule has 0 aliphatic carbocycles. The molecule has 5 heteroatoms. The van der Waals surface area contributed by atoms with Crippen LogP contribution in [-0.4, -0.2) is 23.6 Å². The zero-order valence-electron chi connectivity index (χ0n) is 17.8. The predicted molar refractivity (Wildman–Crippen MR) is 126 cm³/mol. The summed E-state index contributed by atoms with van der Waals surface area (Å²) in [6, 6.07) is 22.4. The number of ether oxygens (including phenoxy) is 1. The van der Waals surface area contributed by atoms with E-state index in [0.29, 0.717) is 25.3 Å². The average Bonchev–Trinajstić information content (AvgIpc) is 3.30. The van der Waals surface area contributed by atoms with Gasteiger partial charge in [0.1, 0.15) is 6.61 Å². The van der Waals surface area contributed by atoms with Gasteiger partial charge in [0.15, 0.2) is 11.6 Å². The number of amides is 1. The lowest BCUT2D eigenvalue weighted by molar-refractivity contribution is -0.112. The average molecular weight is 426 g/mol. The van der Waals surface area contributed by atoms with Crippen molar-refractivity contribution < 1.29 is 13.9 Å². The molecule has 4 nitrogen and oxygen atoms in total. The van der Waals surface area contributed by atoms with Gasteiger partial charge in [0.2, 0.25) is 0 Å². The van der Waals surface area contributed by atoms with Gasteiger partial charge in [-0.15, -0.1) is 0 Å². The highest BCUT2D eigenvalue weighted by molar-refractivity contribution is 6.36. The highest BCUT2D eigenvalue weighted by Crippen LogP contribution is 2.38. The first kappa shape index (κ1) is 20.1. The quantitative estimate of drug-likeness (QED) is 0.367. The van der Waals surface area contributed by atoms with Gasteiger partial charge in [-0.2, -0.15) is 0 Å². The van der Waals surface area contributed by atoms with E-state index in [0.717, 1.165) is 27.7 Å². The van der Waals surface area contributed by atoms with Gasteiger partial charge in [-0.05, 0) is 37.3 Å². The summed E-state index contributed by atoms with van der Waals surface area (Å²) in [5.74, 6) is -0.0956. The number of likely N-dealkylation sites (N-methyl/N-ethyl adjacent to an activating group) is 1. The van der Waals surface area contributed by atoms with Crippen LogP contribution in [0.4, 0.5) is 10.1 Å². The second-order valence-electron chi connectivity index (χ2n) is 7.70. The standard InChI is InChI=1S/C27H23FN2O2/c1-2-30-25-13-7-4-10-21(25)22(27(30)31)17-19-18-29(24-12-6-3-9-20(19)24)15-16-32-26-14-8-5-11-23(26)28/h3-14,17-18H,2,15-16H2,1H3/b22-17+. The van der Waals surface area contributed by atoms with E-state index in [-0.39, 0.29) is 17.5 Å². The molecule has 3 aromatic carbocycles. The third-order valence-electron chi connectivity index (χ3n) is 5.82. The maximum Gasteiger partial charge on any atom is 0.258 e. The molecule has 4 aromatic rings. The van der Waals surface area contributed by atoms with Crippen molar-refractivity contribution >= 4 is 34.1 Å². The number of fused-ring (bicyclic) bond motifs is 2. The molecule has 0 fully saturated rings. The molecule has 0 saturated carbocycles. The highest BCUT2D eigenvalue weighted by Gasteiger charge is 2.31. The van der Waals surface area contributed by atoms with Crippen molar-refractivity contribution in [1.82, 2.24) is 4.57 Å². The molecule has 0 atom stereocenters. The van der Waals surface area contributed by atoms with Crippen molar-refractivity contribution in [3.05, 3.63) is 95.9 Å². The van der Waals surface area contributed by atoms with Crippen molar-refractivity contribution in [1.29, 1.82) is 0 Å². The van der Waals surface area contributed by atoms with E-state index < -0.39 is 0 Å². The van der Waals surface area contributed by atoms with E-state index in [1.807, 2.05) is 66.6 Å². The maximum absolute atomic E-state index is 13.8. The number of rotatable bonds is 6. The Morgan fingerprint density at radius 2 is 1.72 bits per heavy atom. The smallest absolute Gasteiger partial charge is 0.258 e. The second kappa shape index (κ2) is 8.35. The van der Waals surface area contributed by atoms with Gasteiger partial charge in [0, 0.05) is 40.3 Å². The van der Waals surface area contributed by atoms with Crippen LogP contribution >= 0.6 is 0 Å². The van der Waals surface area contributed by atoms with Crippen LogP contribution in [0.2, 0.25) is 0 Å². The minimum Gasteiger partial charge on any atom is -0.489 e. The van der Waals surface area contributed by atoms with Gasteiger partial charge in [0.05, 0.1) is 12.2 Å². The number of aromatic nitrogens is 1. The van der Waals surface area contributed by atoms with Gasteiger partial charge in [-0.25, -0.2) is 4.39 Å². The summed E-state index contributed by atoms with van der Waals surface area (Å²) in [6.45, 7) is 3.51. The fourth-order valence-corrected chi connectivity index (χ4v) is 4.31. The number of hydrogen-bond donors (Lipinski definition) is 0. The topological polar surface area (TPSA) is 34.5 Å². The van der Waals surface area contributed by atoms with E-state index in [1.54, 1.807) is 18.2 Å². The Balaban J connectivity index is 1.48. The number of carbonyl (C=O) groups excluding carboxylic acids is 1. The molecular weight excluding hydrogens is 403 g/mol. The van der Waals surface area contributed by atoms with E-state index in [4.69, 9.17) is 4.74 Å². The Kier molecular flexibility index (Phi) is 5.23. The number of hydrogen-bond acceptors (Lipinski definition) is 2. The van der Waals surface area contributed by atoms with Crippen LogP contribution in [0.15, 0.2) is 79.0 Å². The molecule has 1 aliphatic heterocycles. The molecule has 1 aliphatic rings. The fraction of sp³-hybridized carbons (Fsp3) is 0.148. The minimum absolute atomic E-state index is 0.0217. The SMILES string of the molecule is CCN1C(=O)/C(=C/c2cn(CCOc3ccccc3F)c3ccccc23)c2ccccc21. The first-order valence-electron chi connectivity index (χ1n) is 10.8. The molecule has 1 aromatic heterocycles. The van der Waals surface area contributed by atoms with E-state index >= 15 is 0 Å². The number of para-hydroxylation sites is 3. The molecule has 0 radical (unpaired) electrons. The summed E-state index contributed by atoms with van der Waals surface area (Å²) in [4.78, 5) is 14.9. The molecule has 0 unspecified atom stereocenters. The molecule has 0 bridgehead atoms. The summed E-state index contributed by atoms with van der Waals surface area (Å²) < 4.78 is 21.6. The Morgan fingerprint density at radius 3 is 2.56 bits per heavy atom. The summed E-state index contributed by atoms with van der Waals surface area (Å²) in [5.41, 5.74) is 4.63.